The fourth-order valence-corrected chi connectivity index (χ4v) is 4.07. The summed E-state index contributed by atoms with van der Waals surface area (Å²) in [5, 5.41) is 0. The van der Waals surface area contributed by atoms with Gasteiger partial charge in [-0.15, -0.1) is 0 Å². The van der Waals surface area contributed by atoms with Gasteiger partial charge in [0.05, 0.1) is 0 Å². The van der Waals surface area contributed by atoms with Crippen molar-refractivity contribution >= 4 is 15.9 Å². The molecule has 1 aromatic carbocycles. The SMILES string of the molecule is NC1CC2CCCC(C1)N2Cc1cccc(Br)c1. The second-order valence-corrected chi connectivity index (χ2v) is 6.69. The van der Waals surface area contributed by atoms with Gasteiger partial charge in [0.1, 0.15) is 0 Å². The molecule has 0 amide bonds. The number of benzene rings is 1. The molecule has 0 aliphatic carbocycles. The maximum atomic E-state index is 6.17. The number of hydrogen-bond donors (Lipinski definition) is 1. The lowest BCUT2D eigenvalue weighted by Gasteiger charge is -2.48. The van der Waals surface area contributed by atoms with Gasteiger partial charge in [0.2, 0.25) is 0 Å². The van der Waals surface area contributed by atoms with Crippen molar-refractivity contribution in [2.24, 2.45) is 5.73 Å². The lowest BCUT2D eigenvalue weighted by atomic mass is 9.82. The van der Waals surface area contributed by atoms with Crippen LogP contribution in [0.25, 0.3) is 0 Å². The van der Waals surface area contributed by atoms with Crippen LogP contribution in [0, 0.1) is 0 Å². The van der Waals surface area contributed by atoms with Crippen LogP contribution in [0.4, 0.5) is 0 Å². The Hall–Kier alpha value is -0.380. The summed E-state index contributed by atoms with van der Waals surface area (Å²) in [4.78, 5) is 2.70. The number of piperidine rings is 2. The minimum Gasteiger partial charge on any atom is -0.328 e. The van der Waals surface area contributed by atoms with E-state index < -0.39 is 0 Å². The molecule has 0 saturated carbocycles. The Kier molecular flexibility index (Phi) is 3.73. The Balaban J connectivity index is 1.75. The maximum Gasteiger partial charge on any atom is 0.0240 e. The molecule has 2 N–H and O–H groups in total. The van der Waals surface area contributed by atoms with Gasteiger partial charge in [-0.2, -0.15) is 0 Å². The van der Waals surface area contributed by atoms with Crippen molar-refractivity contribution in [3.05, 3.63) is 34.3 Å². The average molecular weight is 309 g/mol. The third-order valence-electron chi connectivity index (χ3n) is 4.42. The van der Waals surface area contributed by atoms with E-state index >= 15 is 0 Å². The van der Waals surface area contributed by atoms with Crippen LogP contribution in [0.3, 0.4) is 0 Å². The van der Waals surface area contributed by atoms with Crippen LogP contribution in [0.2, 0.25) is 0 Å². The van der Waals surface area contributed by atoms with Gasteiger partial charge in [0.15, 0.2) is 0 Å². The molecule has 98 valence electrons. The van der Waals surface area contributed by atoms with E-state index in [-0.39, 0.29) is 0 Å². The Morgan fingerprint density at radius 3 is 2.61 bits per heavy atom. The van der Waals surface area contributed by atoms with E-state index in [1.54, 1.807) is 0 Å². The number of hydrogen-bond acceptors (Lipinski definition) is 2. The highest BCUT2D eigenvalue weighted by molar-refractivity contribution is 9.10. The Labute approximate surface area is 118 Å². The number of rotatable bonds is 2. The molecule has 1 aromatic rings. The van der Waals surface area contributed by atoms with Crippen LogP contribution in [-0.4, -0.2) is 23.0 Å². The van der Waals surface area contributed by atoms with E-state index in [1.807, 2.05) is 0 Å². The first kappa shape index (κ1) is 12.6. The van der Waals surface area contributed by atoms with E-state index in [2.05, 4.69) is 45.1 Å². The van der Waals surface area contributed by atoms with Gasteiger partial charge in [0.25, 0.3) is 0 Å². The van der Waals surface area contributed by atoms with Gasteiger partial charge < -0.3 is 5.73 Å². The summed E-state index contributed by atoms with van der Waals surface area (Å²) in [6.07, 6.45) is 6.42. The van der Waals surface area contributed by atoms with Crippen molar-refractivity contribution in [2.75, 3.05) is 0 Å². The maximum absolute atomic E-state index is 6.17. The lowest BCUT2D eigenvalue weighted by molar-refractivity contribution is 0.0245. The topological polar surface area (TPSA) is 29.3 Å². The Bertz CT molecular complexity index is 407. The Morgan fingerprint density at radius 1 is 1.22 bits per heavy atom. The third-order valence-corrected chi connectivity index (χ3v) is 4.91. The van der Waals surface area contributed by atoms with E-state index in [9.17, 15) is 0 Å². The average Bonchev–Trinajstić information content (AvgIpc) is 2.30. The van der Waals surface area contributed by atoms with E-state index in [0.29, 0.717) is 18.1 Å². The smallest absolute Gasteiger partial charge is 0.0240 e. The van der Waals surface area contributed by atoms with Gasteiger partial charge in [-0.05, 0) is 43.4 Å². The second-order valence-electron chi connectivity index (χ2n) is 5.77. The summed E-state index contributed by atoms with van der Waals surface area (Å²) in [5.41, 5.74) is 7.58. The highest BCUT2D eigenvalue weighted by Gasteiger charge is 2.36. The van der Waals surface area contributed by atoms with Gasteiger partial charge in [0, 0.05) is 29.1 Å². The molecule has 2 bridgehead atoms. The van der Waals surface area contributed by atoms with Gasteiger partial charge in [-0.3, -0.25) is 4.90 Å². The summed E-state index contributed by atoms with van der Waals surface area (Å²) in [7, 11) is 0. The van der Waals surface area contributed by atoms with Gasteiger partial charge in [-0.25, -0.2) is 0 Å². The highest BCUT2D eigenvalue weighted by atomic mass is 79.9. The van der Waals surface area contributed by atoms with Crippen LogP contribution >= 0.6 is 15.9 Å². The molecule has 2 fully saturated rings. The predicted octanol–water partition coefficient (Wildman–Crippen LogP) is 3.29. The minimum absolute atomic E-state index is 0.430. The first-order valence-electron chi connectivity index (χ1n) is 6.98. The van der Waals surface area contributed by atoms with Crippen molar-refractivity contribution in [3.8, 4) is 0 Å². The number of fused-ring (bicyclic) bond motifs is 2. The fraction of sp³-hybridized carbons (Fsp3) is 0.600. The van der Waals surface area contributed by atoms with Crippen molar-refractivity contribution in [3.63, 3.8) is 0 Å². The molecule has 2 aliphatic rings. The van der Waals surface area contributed by atoms with Crippen molar-refractivity contribution in [1.29, 1.82) is 0 Å². The first-order chi connectivity index (χ1) is 8.72. The molecule has 2 heterocycles. The van der Waals surface area contributed by atoms with E-state index in [4.69, 9.17) is 5.73 Å². The number of halogens is 1. The summed E-state index contributed by atoms with van der Waals surface area (Å²) < 4.78 is 1.18. The molecule has 2 unspecified atom stereocenters. The molecular weight excluding hydrogens is 288 g/mol. The standard InChI is InChI=1S/C15H21BrN2/c16-12-4-1-3-11(7-12)10-18-14-5-2-6-15(18)9-13(17)8-14/h1,3-4,7,13-15H,2,5-6,8-10,17H2. The number of nitrogens with zero attached hydrogens (tertiary/aromatic N) is 1. The molecule has 2 saturated heterocycles. The van der Waals surface area contributed by atoms with Gasteiger partial charge in [-0.1, -0.05) is 34.5 Å². The normalized spacial score (nSPS) is 32.4. The largest absolute Gasteiger partial charge is 0.328 e. The zero-order chi connectivity index (χ0) is 12.5. The lowest BCUT2D eigenvalue weighted by Crippen LogP contribution is -2.54. The predicted molar refractivity (Wildman–Crippen MR) is 78.3 cm³/mol. The monoisotopic (exact) mass is 308 g/mol. The molecule has 3 rings (SSSR count). The quantitative estimate of drug-likeness (QED) is 0.908. The van der Waals surface area contributed by atoms with Gasteiger partial charge >= 0.3 is 0 Å². The highest BCUT2D eigenvalue weighted by Crippen LogP contribution is 2.34. The molecule has 2 atom stereocenters. The summed E-state index contributed by atoms with van der Waals surface area (Å²) in [6.45, 7) is 1.08. The number of nitrogens with two attached hydrogens (primary N) is 1. The summed E-state index contributed by atoms with van der Waals surface area (Å²) >= 11 is 3.56. The molecule has 2 nitrogen and oxygen atoms in total. The third kappa shape index (κ3) is 2.63. The van der Waals surface area contributed by atoms with E-state index in [1.165, 1.54) is 42.1 Å². The molecular formula is C15H21BrN2. The summed E-state index contributed by atoms with van der Waals surface area (Å²) in [6, 6.07) is 10.6. The van der Waals surface area contributed by atoms with Crippen molar-refractivity contribution in [2.45, 2.75) is 56.8 Å². The Morgan fingerprint density at radius 2 is 1.94 bits per heavy atom. The zero-order valence-corrected chi connectivity index (χ0v) is 12.3. The van der Waals surface area contributed by atoms with Crippen LogP contribution in [0.1, 0.15) is 37.7 Å². The summed E-state index contributed by atoms with van der Waals surface area (Å²) in [5.74, 6) is 0. The van der Waals surface area contributed by atoms with Crippen LogP contribution in [0.15, 0.2) is 28.7 Å². The molecule has 18 heavy (non-hydrogen) atoms. The molecule has 2 aliphatic heterocycles. The van der Waals surface area contributed by atoms with Crippen LogP contribution in [0.5, 0.6) is 0 Å². The fourth-order valence-electron chi connectivity index (χ4n) is 3.62. The van der Waals surface area contributed by atoms with Crippen molar-refractivity contribution in [1.82, 2.24) is 4.90 Å². The molecule has 3 heteroatoms. The minimum atomic E-state index is 0.430. The van der Waals surface area contributed by atoms with Crippen molar-refractivity contribution < 1.29 is 0 Å². The van der Waals surface area contributed by atoms with Crippen LogP contribution < -0.4 is 5.73 Å². The molecule has 0 aromatic heterocycles. The van der Waals surface area contributed by atoms with E-state index in [0.717, 1.165) is 6.54 Å². The molecule has 0 radical (unpaired) electrons. The second kappa shape index (κ2) is 5.32. The van der Waals surface area contributed by atoms with Crippen LogP contribution in [-0.2, 0) is 6.54 Å². The first-order valence-corrected chi connectivity index (χ1v) is 7.77. The molecule has 0 spiro atoms. The zero-order valence-electron chi connectivity index (χ0n) is 10.7.